The molecule has 0 saturated carbocycles. The summed E-state index contributed by atoms with van der Waals surface area (Å²) in [6.45, 7) is 3.02. The van der Waals surface area contributed by atoms with Gasteiger partial charge in [0.2, 0.25) is 5.91 Å². The fourth-order valence-electron chi connectivity index (χ4n) is 4.14. The van der Waals surface area contributed by atoms with E-state index in [0.29, 0.717) is 16.7 Å². The zero-order chi connectivity index (χ0) is 25.0. The molecule has 0 radical (unpaired) electrons. The Bertz CT molecular complexity index is 1120. The van der Waals surface area contributed by atoms with Crippen molar-refractivity contribution in [2.75, 3.05) is 13.1 Å². The minimum Gasteiger partial charge on any atom is -0.481 e. The molecule has 1 saturated heterocycles. The topological polar surface area (TPSA) is 157 Å². The highest BCUT2D eigenvalue weighted by molar-refractivity contribution is 6.09. The Kier molecular flexibility index (Phi) is 7.00. The Morgan fingerprint density at radius 1 is 1.12 bits per heavy atom. The minimum absolute atomic E-state index is 0.120. The van der Waals surface area contributed by atoms with Gasteiger partial charge in [-0.1, -0.05) is 54.6 Å². The summed E-state index contributed by atoms with van der Waals surface area (Å²) in [6.07, 6.45) is -0.348. The van der Waals surface area contributed by atoms with Gasteiger partial charge in [-0.05, 0) is 25.0 Å². The van der Waals surface area contributed by atoms with Gasteiger partial charge in [0.25, 0.3) is 5.91 Å². The van der Waals surface area contributed by atoms with E-state index in [-0.39, 0.29) is 18.8 Å². The summed E-state index contributed by atoms with van der Waals surface area (Å²) in [7, 11) is 0. The van der Waals surface area contributed by atoms with E-state index in [0.717, 1.165) is 4.90 Å². The molecule has 2 aromatic rings. The molecule has 4 amide bonds. The Balaban J connectivity index is 1.83. The number of urea groups is 1. The van der Waals surface area contributed by atoms with Crippen molar-refractivity contribution in [3.05, 3.63) is 71.3 Å². The third-order valence-electron chi connectivity index (χ3n) is 5.96. The van der Waals surface area contributed by atoms with E-state index < -0.39 is 41.9 Å². The molecule has 34 heavy (non-hydrogen) atoms. The Morgan fingerprint density at radius 3 is 2.26 bits per heavy atom. The van der Waals surface area contributed by atoms with E-state index in [1.165, 1.54) is 4.90 Å². The average Bonchev–Trinajstić information content (AvgIpc) is 2.99. The first-order valence-corrected chi connectivity index (χ1v) is 10.7. The SMILES string of the molecule is CCN1C(=O)N(CC(=O)N[C@@H](CC(=O)O)c2ccccc2)C(=O)[C@]1(C)c1ccc(C(=N)N)cc1. The molecule has 2 aromatic carbocycles. The van der Waals surface area contributed by atoms with E-state index in [1.807, 2.05) is 0 Å². The second-order valence-corrected chi connectivity index (χ2v) is 8.11. The van der Waals surface area contributed by atoms with Crippen molar-refractivity contribution >= 4 is 29.7 Å². The first kappa shape index (κ1) is 24.4. The van der Waals surface area contributed by atoms with Crippen LogP contribution in [0.2, 0.25) is 0 Å². The molecule has 2 atom stereocenters. The Hall–Kier alpha value is -4.21. The van der Waals surface area contributed by atoms with Crippen molar-refractivity contribution in [3.63, 3.8) is 0 Å². The maximum Gasteiger partial charge on any atom is 0.328 e. The average molecular weight is 466 g/mol. The van der Waals surface area contributed by atoms with E-state index in [2.05, 4.69) is 5.32 Å². The number of hydrogen-bond donors (Lipinski definition) is 4. The van der Waals surface area contributed by atoms with Gasteiger partial charge in [0.1, 0.15) is 17.9 Å². The van der Waals surface area contributed by atoms with Gasteiger partial charge in [-0.25, -0.2) is 4.79 Å². The van der Waals surface area contributed by atoms with Crippen molar-refractivity contribution in [3.8, 4) is 0 Å². The summed E-state index contributed by atoms with van der Waals surface area (Å²) in [5.41, 5.74) is 5.76. The molecule has 10 nitrogen and oxygen atoms in total. The van der Waals surface area contributed by atoms with Crippen LogP contribution in [-0.4, -0.2) is 57.6 Å². The van der Waals surface area contributed by atoms with Gasteiger partial charge in [0, 0.05) is 12.1 Å². The number of aliphatic carboxylic acids is 1. The Labute approximate surface area is 196 Å². The van der Waals surface area contributed by atoms with Crippen LogP contribution in [0.5, 0.6) is 0 Å². The van der Waals surface area contributed by atoms with Crippen LogP contribution in [0.1, 0.15) is 43.0 Å². The fourth-order valence-corrected chi connectivity index (χ4v) is 4.14. The number of nitrogen functional groups attached to an aromatic ring is 1. The highest BCUT2D eigenvalue weighted by Gasteiger charge is 2.55. The molecule has 3 rings (SSSR count). The summed E-state index contributed by atoms with van der Waals surface area (Å²) in [4.78, 5) is 52.9. The molecule has 0 spiro atoms. The maximum atomic E-state index is 13.4. The van der Waals surface area contributed by atoms with E-state index >= 15 is 0 Å². The predicted octanol–water partition coefficient (Wildman–Crippen LogP) is 1.80. The molecule has 5 N–H and O–H groups in total. The smallest absolute Gasteiger partial charge is 0.328 e. The molecule has 0 unspecified atom stereocenters. The van der Waals surface area contributed by atoms with Gasteiger partial charge in [-0.3, -0.25) is 24.7 Å². The number of carbonyl (C=O) groups is 4. The third kappa shape index (κ3) is 4.61. The molecule has 10 heteroatoms. The molecular formula is C24H27N5O5. The van der Waals surface area contributed by atoms with Crippen molar-refractivity contribution in [1.82, 2.24) is 15.1 Å². The van der Waals surface area contributed by atoms with E-state index in [4.69, 9.17) is 11.1 Å². The van der Waals surface area contributed by atoms with Crippen molar-refractivity contribution in [2.24, 2.45) is 5.73 Å². The number of amidine groups is 1. The first-order chi connectivity index (χ1) is 16.1. The number of amides is 4. The predicted molar refractivity (Wildman–Crippen MR) is 124 cm³/mol. The van der Waals surface area contributed by atoms with Crippen molar-refractivity contribution < 1.29 is 24.3 Å². The van der Waals surface area contributed by atoms with Crippen LogP contribution in [0.25, 0.3) is 0 Å². The monoisotopic (exact) mass is 465 g/mol. The van der Waals surface area contributed by atoms with Gasteiger partial charge in [0.15, 0.2) is 0 Å². The maximum absolute atomic E-state index is 13.4. The van der Waals surface area contributed by atoms with Crippen LogP contribution in [0.3, 0.4) is 0 Å². The number of benzene rings is 2. The van der Waals surface area contributed by atoms with Crippen LogP contribution in [0, 0.1) is 5.41 Å². The second kappa shape index (κ2) is 9.74. The van der Waals surface area contributed by atoms with E-state index in [1.54, 1.807) is 68.4 Å². The number of rotatable bonds is 9. The highest BCUT2D eigenvalue weighted by Crippen LogP contribution is 2.37. The number of carboxylic acids is 1. The number of hydrogen-bond acceptors (Lipinski definition) is 5. The van der Waals surface area contributed by atoms with Crippen LogP contribution in [0.15, 0.2) is 54.6 Å². The zero-order valence-corrected chi connectivity index (χ0v) is 18.9. The van der Waals surface area contributed by atoms with E-state index in [9.17, 15) is 24.3 Å². The van der Waals surface area contributed by atoms with Gasteiger partial charge in [0.05, 0.1) is 12.5 Å². The van der Waals surface area contributed by atoms with Crippen LogP contribution < -0.4 is 11.1 Å². The molecule has 1 aliphatic rings. The Morgan fingerprint density at radius 2 is 1.74 bits per heavy atom. The minimum atomic E-state index is -1.35. The molecule has 0 aliphatic carbocycles. The summed E-state index contributed by atoms with van der Waals surface area (Å²) in [5, 5.41) is 19.4. The number of imide groups is 1. The van der Waals surface area contributed by atoms with Crippen molar-refractivity contribution in [2.45, 2.75) is 31.8 Å². The lowest BCUT2D eigenvalue weighted by molar-refractivity contribution is -0.139. The van der Waals surface area contributed by atoms with Gasteiger partial charge < -0.3 is 21.1 Å². The fraction of sp³-hybridized carbons (Fsp3) is 0.292. The van der Waals surface area contributed by atoms with Gasteiger partial charge in [-0.2, -0.15) is 0 Å². The molecule has 1 heterocycles. The molecule has 1 aliphatic heterocycles. The molecule has 0 aromatic heterocycles. The van der Waals surface area contributed by atoms with Gasteiger partial charge in [-0.15, -0.1) is 0 Å². The number of nitrogens with two attached hydrogens (primary N) is 1. The lowest BCUT2D eigenvalue weighted by Gasteiger charge is -2.31. The van der Waals surface area contributed by atoms with Crippen LogP contribution >= 0.6 is 0 Å². The zero-order valence-electron chi connectivity index (χ0n) is 18.9. The summed E-state index contributed by atoms with van der Waals surface area (Å²) >= 11 is 0. The summed E-state index contributed by atoms with van der Waals surface area (Å²) < 4.78 is 0. The lowest BCUT2D eigenvalue weighted by atomic mass is 9.89. The second-order valence-electron chi connectivity index (χ2n) is 8.11. The number of likely N-dealkylation sites (N-methyl/N-ethyl adjacent to an activating group) is 1. The lowest BCUT2D eigenvalue weighted by Crippen LogP contribution is -2.44. The first-order valence-electron chi connectivity index (χ1n) is 10.7. The third-order valence-corrected chi connectivity index (χ3v) is 5.96. The number of carboxylic acid groups (broad SMARTS) is 1. The normalized spacial score (nSPS) is 18.6. The molecular weight excluding hydrogens is 438 g/mol. The summed E-state index contributed by atoms with van der Waals surface area (Å²) in [6, 6.07) is 13.6. The number of nitrogens with one attached hydrogen (secondary N) is 2. The quantitative estimate of drug-likeness (QED) is 0.251. The van der Waals surface area contributed by atoms with Crippen molar-refractivity contribution in [1.29, 1.82) is 5.41 Å². The van der Waals surface area contributed by atoms with Crippen LogP contribution in [-0.2, 0) is 19.9 Å². The molecule has 178 valence electrons. The van der Waals surface area contributed by atoms with Gasteiger partial charge >= 0.3 is 12.0 Å². The number of nitrogens with zero attached hydrogens (tertiary/aromatic N) is 2. The molecule has 0 bridgehead atoms. The summed E-state index contributed by atoms with van der Waals surface area (Å²) in [5.74, 6) is -2.43. The highest BCUT2D eigenvalue weighted by atomic mass is 16.4. The van der Waals surface area contributed by atoms with Crippen LogP contribution in [0.4, 0.5) is 4.79 Å². The molecule has 1 fully saturated rings. The standard InChI is InChI=1S/C24H27N5O5/c1-3-29-23(34)28(22(33)24(29,2)17-11-9-16(10-12-17)21(25)26)14-19(30)27-18(13-20(31)32)15-7-5-4-6-8-15/h4-12,18H,3,13-14H2,1-2H3,(H3,25,26)(H,27,30)(H,31,32)/t18-,24-/m0/s1. The number of carbonyl (C=O) groups excluding carboxylic acids is 3. The largest absolute Gasteiger partial charge is 0.481 e.